The molecule has 0 atom stereocenters. The fraction of sp³-hybridized carbons (Fsp3) is 0.176. The summed E-state index contributed by atoms with van der Waals surface area (Å²) in [4.78, 5) is 27.3. The molecule has 0 aliphatic rings. The second-order valence-corrected chi connectivity index (χ2v) is 4.94. The van der Waals surface area contributed by atoms with Crippen molar-refractivity contribution in [2.45, 2.75) is 13.5 Å². The molecule has 0 aliphatic carbocycles. The molecule has 0 bridgehead atoms. The van der Waals surface area contributed by atoms with Crippen molar-refractivity contribution in [2.75, 3.05) is 6.61 Å². The van der Waals surface area contributed by atoms with E-state index in [0.717, 1.165) is 11.3 Å². The quantitative estimate of drug-likeness (QED) is 0.802. The molecule has 5 nitrogen and oxygen atoms in total. The van der Waals surface area contributed by atoms with Crippen LogP contribution in [0.1, 0.15) is 12.5 Å². The third-order valence-corrected chi connectivity index (χ3v) is 3.46. The summed E-state index contributed by atoms with van der Waals surface area (Å²) in [6, 6.07) is 14.4. The highest BCUT2D eigenvalue weighted by atomic mass is 16.5. The van der Waals surface area contributed by atoms with Crippen LogP contribution in [0.5, 0.6) is 5.75 Å². The number of rotatable bonds is 4. The van der Waals surface area contributed by atoms with Gasteiger partial charge in [0.15, 0.2) is 0 Å². The molecule has 0 fully saturated rings. The SMILES string of the molecule is CCOc1ccc(Cn2c(=O)[nH]c3ccccc3c2=O)cc1. The molecule has 0 saturated carbocycles. The number of hydrogen-bond acceptors (Lipinski definition) is 3. The van der Waals surface area contributed by atoms with Gasteiger partial charge in [-0.25, -0.2) is 4.79 Å². The third-order valence-electron chi connectivity index (χ3n) is 3.46. The Labute approximate surface area is 126 Å². The lowest BCUT2D eigenvalue weighted by atomic mass is 10.2. The zero-order valence-electron chi connectivity index (χ0n) is 12.2. The first-order valence-electron chi connectivity index (χ1n) is 7.12. The number of aromatic amines is 1. The Morgan fingerprint density at radius 1 is 1.05 bits per heavy atom. The Hall–Kier alpha value is -2.82. The molecule has 1 N–H and O–H groups in total. The van der Waals surface area contributed by atoms with Gasteiger partial charge in [0.25, 0.3) is 5.56 Å². The lowest BCUT2D eigenvalue weighted by Gasteiger charge is -2.08. The number of benzene rings is 2. The molecule has 22 heavy (non-hydrogen) atoms. The molecule has 112 valence electrons. The Morgan fingerprint density at radius 3 is 2.50 bits per heavy atom. The van der Waals surface area contributed by atoms with Gasteiger partial charge in [-0.3, -0.25) is 9.36 Å². The first kappa shape index (κ1) is 14.1. The lowest BCUT2D eigenvalue weighted by Crippen LogP contribution is -2.35. The second-order valence-electron chi connectivity index (χ2n) is 4.94. The number of aromatic nitrogens is 2. The molecule has 0 aliphatic heterocycles. The largest absolute Gasteiger partial charge is 0.494 e. The van der Waals surface area contributed by atoms with Crippen molar-refractivity contribution in [1.82, 2.24) is 9.55 Å². The van der Waals surface area contributed by atoms with Crippen LogP contribution in [0.4, 0.5) is 0 Å². The van der Waals surface area contributed by atoms with Crippen LogP contribution in [0.3, 0.4) is 0 Å². The average molecular weight is 296 g/mol. The van der Waals surface area contributed by atoms with Crippen molar-refractivity contribution >= 4 is 10.9 Å². The van der Waals surface area contributed by atoms with Crippen LogP contribution in [0, 0.1) is 0 Å². The first-order chi connectivity index (χ1) is 10.7. The maximum Gasteiger partial charge on any atom is 0.329 e. The van der Waals surface area contributed by atoms with Crippen LogP contribution in [0.25, 0.3) is 10.9 Å². The minimum atomic E-state index is -0.405. The van der Waals surface area contributed by atoms with Gasteiger partial charge in [-0.15, -0.1) is 0 Å². The van der Waals surface area contributed by atoms with E-state index in [0.29, 0.717) is 17.5 Å². The number of hydrogen-bond donors (Lipinski definition) is 1. The van der Waals surface area contributed by atoms with Gasteiger partial charge in [0.2, 0.25) is 0 Å². The average Bonchev–Trinajstić information content (AvgIpc) is 2.53. The molecule has 0 unspecified atom stereocenters. The Balaban J connectivity index is 2.00. The summed E-state index contributed by atoms with van der Waals surface area (Å²) in [7, 11) is 0. The number of fused-ring (bicyclic) bond motifs is 1. The highest BCUT2D eigenvalue weighted by molar-refractivity contribution is 5.76. The predicted molar refractivity (Wildman–Crippen MR) is 85.5 cm³/mol. The Kier molecular flexibility index (Phi) is 3.78. The molecule has 1 heterocycles. The molecule has 1 aromatic heterocycles. The van der Waals surface area contributed by atoms with Crippen molar-refractivity contribution < 1.29 is 4.74 Å². The third kappa shape index (κ3) is 2.65. The van der Waals surface area contributed by atoms with Crippen molar-refractivity contribution in [3.05, 3.63) is 74.9 Å². The molecule has 3 rings (SSSR count). The molecular formula is C17H16N2O3. The fourth-order valence-electron chi connectivity index (χ4n) is 2.38. The van der Waals surface area contributed by atoms with E-state index in [1.165, 1.54) is 4.57 Å². The van der Waals surface area contributed by atoms with Gasteiger partial charge < -0.3 is 9.72 Å². The monoisotopic (exact) mass is 296 g/mol. The van der Waals surface area contributed by atoms with Crippen molar-refractivity contribution in [2.24, 2.45) is 0 Å². The van der Waals surface area contributed by atoms with Gasteiger partial charge in [0.05, 0.1) is 24.1 Å². The zero-order valence-corrected chi connectivity index (χ0v) is 12.2. The van der Waals surface area contributed by atoms with E-state index in [4.69, 9.17) is 4.74 Å². The number of H-pyrrole nitrogens is 1. The number of nitrogens with zero attached hydrogens (tertiary/aromatic N) is 1. The first-order valence-corrected chi connectivity index (χ1v) is 7.12. The Bertz CT molecular complexity index is 908. The number of ether oxygens (including phenoxy) is 1. The highest BCUT2D eigenvalue weighted by Crippen LogP contribution is 2.12. The fourth-order valence-corrected chi connectivity index (χ4v) is 2.38. The summed E-state index contributed by atoms with van der Waals surface area (Å²) in [5, 5.41) is 0.507. The van der Waals surface area contributed by atoms with E-state index in [1.54, 1.807) is 24.3 Å². The van der Waals surface area contributed by atoms with E-state index in [1.807, 2.05) is 31.2 Å². The van der Waals surface area contributed by atoms with E-state index in [-0.39, 0.29) is 12.1 Å². The summed E-state index contributed by atoms with van der Waals surface area (Å²) in [6.07, 6.45) is 0. The molecule has 0 radical (unpaired) electrons. The summed E-state index contributed by atoms with van der Waals surface area (Å²) in [5.74, 6) is 0.769. The maximum atomic E-state index is 12.4. The van der Waals surface area contributed by atoms with Gasteiger partial charge in [-0.1, -0.05) is 24.3 Å². The van der Waals surface area contributed by atoms with Crippen LogP contribution in [0.2, 0.25) is 0 Å². The van der Waals surface area contributed by atoms with Crippen LogP contribution in [-0.4, -0.2) is 16.2 Å². The van der Waals surface area contributed by atoms with Gasteiger partial charge in [0.1, 0.15) is 5.75 Å². The molecule has 0 spiro atoms. The number of nitrogens with one attached hydrogen (secondary N) is 1. The van der Waals surface area contributed by atoms with Crippen LogP contribution >= 0.6 is 0 Å². The van der Waals surface area contributed by atoms with Crippen molar-refractivity contribution in [1.29, 1.82) is 0 Å². The lowest BCUT2D eigenvalue weighted by molar-refractivity contribution is 0.340. The van der Waals surface area contributed by atoms with E-state index in [2.05, 4.69) is 4.98 Å². The van der Waals surface area contributed by atoms with Crippen molar-refractivity contribution in [3.63, 3.8) is 0 Å². The van der Waals surface area contributed by atoms with Crippen molar-refractivity contribution in [3.8, 4) is 5.75 Å². The summed E-state index contributed by atoms with van der Waals surface area (Å²) in [5.41, 5.74) is 0.734. The highest BCUT2D eigenvalue weighted by Gasteiger charge is 2.07. The number of para-hydroxylation sites is 1. The van der Waals surface area contributed by atoms with Crippen LogP contribution in [0.15, 0.2) is 58.1 Å². The molecule has 5 heteroatoms. The Morgan fingerprint density at radius 2 is 1.77 bits per heavy atom. The molecule has 2 aromatic carbocycles. The summed E-state index contributed by atoms with van der Waals surface area (Å²) in [6.45, 7) is 2.75. The smallest absolute Gasteiger partial charge is 0.329 e. The normalized spacial score (nSPS) is 10.8. The van der Waals surface area contributed by atoms with Gasteiger partial charge in [-0.05, 0) is 36.8 Å². The molecular weight excluding hydrogens is 280 g/mol. The minimum absolute atomic E-state index is 0.228. The summed E-state index contributed by atoms with van der Waals surface area (Å²) < 4.78 is 6.59. The molecule has 0 saturated heterocycles. The van der Waals surface area contributed by atoms with Gasteiger partial charge >= 0.3 is 5.69 Å². The van der Waals surface area contributed by atoms with Gasteiger partial charge in [-0.2, -0.15) is 0 Å². The maximum absolute atomic E-state index is 12.4. The van der Waals surface area contributed by atoms with Crippen LogP contribution in [-0.2, 0) is 6.54 Å². The minimum Gasteiger partial charge on any atom is -0.494 e. The van der Waals surface area contributed by atoms with Gasteiger partial charge in [0, 0.05) is 0 Å². The van der Waals surface area contributed by atoms with E-state index >= 15 is 0 Å². The second kappa shape index (κ2) is 5.89. The van der Waals surface area contributed by atoms with E-state index < -0.39 is 5.69 Å². The standard InChI is InChI=1S/C17H16N2O3/c1-2-22-13-9-7-12(8-10-13)11-19-16(20)14-5-3-4-6-15(14)18-17(19)21/h3-10H,2,11H2,1H3,(H,18,21). The topological polar surface area (TPSA) is 64.1 Å². The van der Waals surface area contributed by atoms with Crippen LogP contribution < -0.4 is 16.0 Å². The van der Waals surface area contributed by atoms with E-state index in [9.17, 15) is 9.59 Å². The molecule has 0 amide bonds. The molecule has 3 aromatic rings. The predicted octanol–water partition coefficient (Wildman–Crippen LogP) is 2.14. The summed E-state index contributed by atoms with van der Waals surface area (Å²) >= 11 is 0. The zero-order chi connectivity index (χ0) is 15.5.